The van der Waals surface area contributed by atoms with E-state index in [1.807, 2.05) is 12.1 Å². The maximum atomic E-state index is 10.7. The number of anilines is 1. The molecule has 2 aromatic rings. The van der Waals surface area contributed by atoms with E-state index in [1.54, 1.807) is 0 Å². The van der Waals surface area contributed by atoms with Gasteiger partial charge in [-0.05, 0) is 54.5 Å². The molecule has 0 spiro atoms. The van der Waals surface area contributed by atoms with Crippen molar-refractivity contribution >= 4 is 11.7 Å². The number of carboxylic acids is 1. The monoisotopic (exact) mass is 324 g/mol. The molecule has 2 aromatic carbocycles. The fourth-order valence-corrected chi connectivity index (χ4v) is 3.29. The first-order valence-electron chi connectivity index (χ1n) is 8.55. The Kier molecular flexibility index (Phi) is 5.49. The van der Waals surface area contributed by atoms with Crippen LogP contribution in [-0.4, -0.2) is 23.7 Å². The highest BCUT2D eigenvalue weighted by atomic mass is 16.4. The Morgan fingerprint density at radius 2 is 1.96 bits per heavy atom. The van der Waals surface area contributed by atoms with E-state index in [4.69, 9.17) is 5.11 Å². The topological polar surface area (TPSA) is 61.4 Å². The van der Waals surface area contributed by atoms with E-state index in [1.165, 1.54) is 29.5 Å². The van der Waals surface area contributed by atoms with Crippen molar-refractivity contribution in [3.05, 3.63) is 65.2 Å². The average molecular weight is 324 g/mol. The van der Waals surface area contributed by atoms with Gasteiger partial charge >= 0.3 is 5.97 Å². The van der Waals surface area contributed by atoms with Crippen molar-refractivity contribution in [3.63, 3.8) is 0 Å². The van der Waals surface area contributed by atoms with Gasteiger partial charge in [0.25, 0.3) is 0 Å². The molecule has 0 aliphatic heterocycles. The van der Waals surface area contributed by atoms with Crippen LogP contribution in [-0.2, 0) is 24.2 Å². The lowest BCUT2D eigenvalue weighted by molar-refractivity contribution is -0.134. The summed E-state index contributed by atoms with van der Waals surface area (Å²) in [5, 5.41) is 15.4. The van der Waals surface area contributed by atoms with E-state index in [9.17, 15) is 4.79 Å². The maximum absolute atomic E-state index is 10.7. The minimum atomic E-state index is -0.840. The molecule has 1 aliphatic carbocycles. The van der Waals surface area contributed by atoms with E-state index in [2.05, 4.69) is 47.0 Å². The molecule has 1 unspecified atom stereocenters. The van der Waals surface area contributed by atoms with Crippen LogP contribution in [0.15, 0.2) is 48.5 Å². The zero-order valence-corrected chi connectivity index (χ0v) is 13.8. The third kappa shape index (κ3) is 4.59. The van der Waals surface area contributed by atoms with E-state index >= 15 is 0 Å². The van der Waals surface area contributed by atoms with Gasteiger partial charge in [-0.15, -0.1) is 0 Å². The first kappa shape index (κ1) is 16.5. The number of rotatable bonds is 6. The van der Waals surface area contributed by atoms with Gasteiger partial charge in [-0.25, -0.2) is 0 Å². The Bertz CT molecular complexity index is 685. The van der Waals surface area contributed by atoms with Gasteiger partial charge in [-0.3, -0.25) is 4.79 Å². The Morgan fingerprint density at radius 1 is 1.12 bits per heavy atom. The van der Waals surface area contributed by atoms with Gasteiger partial charge in [0.15, 0.2) is 0 Å². The molecule has 0 saturated heterocycles. The quantitative estimate of drug-likeness (QED) is 0.714. The van der Waals surface area contributed by atoms with Crippen molar-refractivity contribution in [2.75, 3.05) is 11.9 Å². The van der Waals surface area contributed by atoms with Crippen LogP contribution in [0.4, 0.5) is 5.69 Å². The summed E-state index contributed by atoms with van der Waals surface area (Å²) in [6, 6.07) is 17.2. The predicted molar refractivity (Wildman–Crippen MR) is 96.3 cm³/mol. The molecule has 0 amide bonds. The van der Waals surface area contributed by atoms with Crippen LogP contribution in [0.1, 0.15) is 29.5 Å². The number of hydrogen-bond acceptors (Lipinski definition) is 3. The molecule has 4 nitrogen and oxygen atoms in total. The van der Waals surface area contributed by atoms with Crippen molar-refractivity contribution in [2.45, 2.75) is 38.3 Å². The molecule has 4 heteroatoms. The Hall–Kier alpha value is -2.33. The molecule has 0 heterocycles. The second kappa shape index (κ2) is 7.97. The van der Waals surface area contributed by atoms with E-state index in [0.29, 0.717) is 6.04 Å². The summed E-state index contributed by atoms with van der Waals surface area (Å²) in [7, 11) is 0. The highest BCUT2D eigenvalue weighted by molar-refractivity contribution is 5.72. The van der Waals surface area contributed by atoms with Gasteiger partial charge < -0.3 is 15.7 Å². The molecule has 0 aromatic heterocycles. The fourth-order valence-electron chi connectivity index (χ4n) is 3.29. The molecule has 1 aliphatic rings. The molecular weight excluding hydrogens is 300 g/mol. The second-order valence-corrected chi connectivity index (χ2v) is 6.39. The Morgan fingerprint density at radius 3 is 2.75 bits per heavy atom. The number of carboxylic acid groups (broad SMARTS) is 1. The van der Waals surface area contributed by atoms with Gasteiger partial charge in [0.05, 0.1) is 0 Å². The molecular formula is C20H24N2O2. The zero-order valence-electron chi connectivity index (χ0n) is 13.8. The number of carbonyl (C=O) groups is 1. The normalized spacial score (nSPS) is 16.9. The summed E-state index contributed by atoms with van der Waals surface area (Å²) >= 11 is 0. The van der Waals surface area contributed by atoms with E-state index < -0.39 is 5.97 Å². The van der Waals surface area contributed by atoms with Crippen molar-refractivity contribution in [2.24, 2.45) is 0 Å². The molecule has 0 radical (unpaired) electrons. The SMILES string of the molecule is O=C(O)CNc1ccc2c(c1)CC(NCc1ccccc1)CCC2. The minimum Gasteiger partial charge on any atom is -0.480 e. The van der Waals surface area contributed by atoms with Crippen LogP contribution in [0.2, 0.25) is 0 Å². The second-order valence-electron chi connectivity index (χ2n) is 6.39. The molecule has 126 valence electrons. The molecule has 0 fully saturated rings. The number of aryl methyl sites for hydroxylation is 1. The van der Waals surface area contributed by atoms with Crippen LogP contribution >= 0.6 is 0 Å². The average Bonchev–Trinajstić information content (AvgIpc) is 2.80. The van der Waals surface area contributed by atoms with E-state index in [-0.39, 0.29) is 6.54 Å². The summed E-state index contributed by atoms with van der Waals surface area (Å²) in [6.07, 6.45) is 4.43. The van der Waals surface area contributed by atoms with Gasteiger partial charge in [-0.1, -0.05) is 36.4 Å². The first-order valence-corrected chi connectivity index (χ1v) is 8.55. The summed E-state index contributed by atoms with van der Waals surface area (Å²) in [4.78, 5) is 10.7. The number of fused-ring (bicyclic) bond motifs is 1. The zero-order chi connectivity index (χ0) is 16.8. The smallest absolute Gasteiger partial charge is 0.322 e. The highest BCUT2D eigenvalue weighted by Crippen LogP contribution is 2.24. The van der Waals surface area contributed by atoms with Gasteiger partial charge in [0.1, 0.15) is 6.54 Å². The lowest BCUT2D eigenvalue weighted by Gasteiger charge is -2.17. The maximum Gasteiger partial charge on any atom is 0.322 e. The minimum absolute atomic E-state index is 0.0472. The molecule has 0 bridgehead atoms. The van der Waals surface area contributed by atoms with Gasteiger partial charge in [0.2, 0.25) is 0 Å². The first-order chi connectivity index (χ1) is 11.7. The Balaban J connectivity index is 1.64. The van der Waals surface area contributed by atoms with E-state index in [0.717, 1.165) is 25.1 Å². The van der Waals surface area contributed by atoms with Crippen LogP contribution in [0.5, 0.6) is 0 Å². The fraction of sp³-hybridized carbons (Fsp3) is 0.350. The molecule has 3 rings (SSSR count). The summed E-state index contributed by atoms with van der Waals surface area (Å²) < 4.78 is 0. The van der Waals surface area contributed by atoms with Crippen LogP contribution in [0.3, 0.4) is 0 Å². The third-order valence-electron chi connectivity index (χ3n) is 4.55. The number of aliphatic carboxylic acids is 1. The van der Waals surface area contributed by atoms with Crippen LogP contribution in [0.25, 0.3) is 0 Å². The molecule has 0 saturated carbocycles. The van der Waals surface area contributed by atoms with Crippen molar-refractivity contribution in [1.29, 1.82) is 0 Å². The largest absolute Gasteiger partial charge is 0.480 e. The lowest BCUT2D eigenvalue weighted by atomic mass is 10.0. The van der Waals surface area contributed by atoms with Crippen LogP contribution in [0, 0.1) is 0 Å². The number of nitrogens with one attached hydrogen (secondary N) is 2. The summed E-state index contributed by atoms with van der Waals surface area (Å²) in [5.41, 5.74) is 4.91. The van der Waals surface area contributed by atoms with Gasteiger partial charge in [-0.2, -0.15) is 0 Å². The van der Waals surface area contributed by atoms with Gasteiger partial charge in [0, 0.05) is 18.3 Å². The van der Waals surface area contributed by atoms with Crippen molar-refractivity contribution < 1.29 is 9.90 Å². The lowest BCUT2D eigenvalue weighted by Crippen LogP contribution is -2.30. The van der Waals surface area contributed by atoms with Crippen molar-refractivity contribution in [3.8, 4) is 0 Å². The van der Waals surface area contributed by atoms with Crippen molar-refractivity contribution in [1.82, 2.24) is 5.32 Å². The number of hydrogen-bond donors (Lipinski definition) is 3. The highest BCUT2D eigenvalue weighted by Gasteiger charge is 2.17. The summed E-state index contributed by atoms with van der Waals surface area (Å²) in [5.74, 6) is -0.840. The standard InChI is InChI=1S/C20H24N2O2/c23-20(24)14-22-19-10-9-16-7-4-8-18(11-17(16)12-19)21-13-15-5-2-1-3-6-15/h1-3,5-6,9-10,12,18,21-22H,4,7-8,11,13-14H2,(H,23,24). The predicted octanol–water partition coefficient (Wildman–Crippen LogP) is 3.22. The molecule has 24 heavy (non-hydrogen) atoms. The summed E-state index contributed by atoms with van der Waals surface area (Å²) in [6.45, 7) is 0.840. The third-order valence-corrected chi connectivity index (χ3v) is 4.55. The Labute approximate surface area is 142 Å². The number of benzene rings is 2. The molecule has 1 atom stereocenters. The molecule has 3 N–H and O–H groups in total. The van der Waals surface area contributed by atoms with Crippen LogP contribution < -0.4 is 10.6 Å².